The van der Waals surface area contributed by atoms with Gasteiger partial charge in [-0.15, -0.1) is 0 Å². The molecule has 0 aliphatic carbocycles. The van der Waals surface area contributed by atoms with Gasteiger partial charge < -0.3 is 0 Å². The molecule has 98 valence electrons. The summed E-state index contributed by atoms with van der Waals surface area (Å²) in [6.07, 6.45) is -4.46. The minimum Gasteiger partial charge on any atom is -0.294 e. The lowest BCUT2D eigenvalue weighted by Gasteiger charge is -2.11. The number of carbonyl (C=O) groups is 1. The van der Waals surface area contributed by atoms with Gasteiger partial charge in [-0.2, -0.15) is 23.7 Å². The highest BCUT2D eigenvalue weighted by atomic mass is 19.4. The smallest absolute Gasteiger partial charge is 0.294 e. The van der Waals surface area contributed by atoms with Gasteiger partial charge in [0, 0.05) is 11.5 Å². The normalized spacial score (nSPS) is 12.6. The molecule has 0 amide bonds. The minimum absolute atomic E-state index is 0.0519. The molecule has 0 bridgehead atoms. The molecule has 1 rings (SSSR count). The first-order chi connectivity index (χ1) is 8.81. The molecule has 0 heterocycles. The van der Waals surface area contributed by atoms with E-state index in [9.17, 15) is 18.0 Å². The second-order valence-electron chi connectivity index (χ2n) is 3.96. The Labute approximate surface area is 107 Å². The third-order valence-electron chi connectivity index (χ3n) is 2.69. The Hall–Kier alpha value is -2.34. The second kappa shape index (κ2) is 5.53. The van der Waals surface area contributed by atoms with Gasteiger partial charge in [0.05, 0.1) is 17.7 Å². The average Bonchev–Trinajstić information content (AvgIpc) is 2.38. The molecular weight excluding hydrogens is 257 g/mol. The highest BCUT2D eigenvalue weighted by Gasteiger charge is 2.31. The van der Waals surface area contributed by atoms with Crippen molar-refractivity contribution in [3.63, 3.8) is 0 Å². The quantitative estimate of drug-likeness (QED) is 0.789. The van der Waals surface area contributed by atoms with Crippen LogP contribution in [0.3, 0.4) is 0 Å². The van der Waals surface area contributed by atoms with Crippen LogP contribution in [-0.2, 0) is 6.18 Å². The lowest BCUT2D eigenvalue weighted by atomic mass is 9.89. The molecule has 0 fully saturated rings. The van der Waals surface area contributed by atoms with E-state index in [0.717, 1.165) is 24.3 Å². The Bertz CT molecular complexity index is 535. The molecule has 0 N–H and O–H groups in total. The number of nitrogens with zero attached hydrogens (tertiary/aromatic N) is 2. The van der Waals surface area contributed by atoms with Crippen LogP contribution in [0.1, 0.15) is 22.8 Å². The Morgan fingerprint density at radius 3 is 2.00 bits per heavy atom. The summed E-state index contributed by atoms with van der Waals surface area (Å²) in [5.41, 5.74) is -0.801. The fourth-order valence-corrected chi connectivity index (χ4v) is 1.49. The first-order valence-electron chi connectivity index (χ1n) is 5.32. The van der Waals surface area contributed by atoms with Crippen LogP contribution in [0.2, 0.25) is 0 Å². The first-order valence-corrected chi connectivity index (χ1v) is 5.32. The van der Waals surface area contributed by atoms with Crippen molar-refractivity contribution in [2.45, 2.75) is 13.1 Å². The van der Waals surface area contributed by atoms with Crippen LogP contribution in [0.4, 0.5) is 13.2 Å². The van der Waals surface area contributed by atoms with Crippen LogP contribution in [0.5, 0.6) is 0 Å². The largest absolute Gasteiger partial charge is 0.416 e. The van der Waals surface area contributed by atoms with Crippen LogP contribution in [-0.4, -0.2) is 5.78 Å². The summed E-state index contributed by atoms with van der Waals surface area (Å²) in [6, 6.07) is 7.05. The fraction of sp³-hybridized carbons (Fsp3) is 0.308. The zero-order chi connectivity index (χ0) is 14.6. The molecule has 0 saturated heterocycles. The minimum atomic E-state index is -4.46. The molecule has 0 radical (unpaired) electrons. The number of rotatable bonds is 3. The molecule has 0 spiro atoms. The van der Waals surface area contributed by atoms with Gasteiger partial charge >= 0.3 is 6.18 Å². The third-order valence-corrected chi connectivity index (χ3v) is 2.69. The predicted octanol–water partition coefficient (Wildman–Crippen LogP) is 3.19. The van der Waals surface area contributed by atoms with Crippen molar-refractivity contribution in [2.24, 2.45) is 11.8 Å². The van der Waals surface area contributed by atoms with Crippen molar-refractivity contribution in [1.29, 1.82) is 10.5 Å². The number of halogens is 3. The molecule has 1 aromatic carbocycles. The molecule has 1 unspecified atom stereocenters. The van der Waals surface area contributed by atoms with E-state index in [1.54, 1.807) is 12.1 Å². The maximum Gasteiger partial charge on any atom is 0.416 e. The van der Waals surface area contributed by atoms with Crippen molar-refractivity contribution in [2.75, 3.05) is 0 Å². The summed E-state index contributed by atoms with van der Waals surface area (Å²) in [6.45, 7) is 1.40. The molecular formula is C13H9F3N2O. The SMILES string of the molecule is CC(C(=O)c1ccc(C(F)(F)F)cc1)C(C#N)C#N. The van der Waals surface area contributed by atoms with Crippen LogP contribution < -0.4 is 0 Å². The monoisotopic (exact) mass is 266 g/mol. The molecule has 1 aromatic rings. The standard InChI is InChI=1S/C13H9F3N2O/c1-8(10(6-17)7-18)12(19)9-2-4-11(5-3-9)13(14,15)16/h2-5,8,10H,1H3. The van der Waals surface area contributed by atoms with Crippen LogP contribution in [0.15, 0.2) is 24.3 Å². The van der Waals surface area contributed by atoms with Crippen molar-refractivity contribution < 1.29 is 18.0 Å². The summed E-state index contributed by atoms with van der Waals surface area (Å²) >= 11 is 0. The van der Waals surface area contributed by atoms with E-state index in [-0.39, 0.29) is 5.56 Å². The summed E-state index contributed by atoms with van der Waals surface area (Å²) in [7, 11) is 0. The highest BCUT2D eigenvalue weighted by Crippen LogP contribution is 2.29. The van der Waals surface area contributed by atoms with Crippen molar-refractivity contribution in [1.82, 2.24) is 0 Å². The van der Waals surface area contributed by atoms with Gasteiger partial charge in [0.25, 0.3) is 0 Å². The molecule has 0 aromatic heterocycles. The van der Waals surface area contributed by atoms with Crippen molar-refractivity contribution >= 4 is 5.78 Å². The van der Waals surface area contributed by atoms with Crippen LogP contribution in [0, 0.1) is 34.5 Å². The van der Waals surface area contributed by atoms with E-state index in [1.165, 1.54) is 6.92 Å². The van der Waals surface area contributed by atoms with Crippen LogP contribution >= 0.6 is 0 Å². The molecule has 0 saturated carbocycles. The van der Waals surface area contributed by atoms with E-state index in [2.05, 4.69) is 0 Å². The maximum atomic E-state index is 12.3. The molecule has 0 aliphatic rings. The lowest BCUT2D eigenvalue weighted by molar-refractivity contribution is -0.137. The zero-order valence-corrected chi connectivity index (χ0v) is 9.90. The Morgan fingerprint density at radius 2 is 1.63 bits per heavy atom. The Kier molecular flexibility index (Phi) is 4.29. The molecule has 19 heavy (non-hydrogen) atoms. The number of hydrogen-bond acceptors (Lipinski definition) is 3. The van der Waals surface area contributed by atoms with Gasteiger partial charge in [0.2, 0.25) is 0 Å². The van der Waals surface area contributed by atoms with E-state index in [1.807, 2.05) is 0 Å². The Morgan fingerprint density at radius 1 is 1.16 bits per heavy atom. The lowest BCUT2D eigenvalue weighted by Crippen LogP contribution is -2.19. The van der Waals surface area contributed by atoms with Gasteiger partial charge in [-0.3, -0.25) is 4.79 Å². The summed E-state index contributed by atoms with van der Waals surface area (Å²) in [5.74, 6) is -2.52. The summed E-state index contributed by atoms with van der Waals surface area (Å²) in [5, 5.41) is 17.3. The Balaban J connectivity index is 2.97. The number of ketones is 1. The second-order valence-corrected chi connectivity index (χ2v) is 3.96. The number of carbonyl (C=O) groups excluding carboxylic acids is 1. The number of nitriles is 2. The number of Topliss-reactive ketones (excluding diaryl/α,β-unsaturated/α-hetero) is 1. The third kappa shape index (κ3) is 3.32. The average molecular weight is 266 g/mol. The van der Waals surface area contributed by atoms with Gasteiger partial charge in [-0.25, -0.2) is 0 Å². The topological polar surface area (TPSA) is 64.7 Å². The van der Waals surface area contributed by atoms with Crippen molar-refractivity contribution in [3.05, 3.63) is 35.4 Å². The predicted molar refractivity (Wildman–Crippen MR) is 59.7 cm³/mol. The summed E-state index contributed by atoms with van der Waals surface area (Å²) in [4.78, 5) is 11.9. The van der Waals surface area contributed by atoms with Gasteiger partial charge in [-0.05, 0) is 12.1 Å². The van der Waals surface area contributed by atoms with Crippen LogP contribution in [0.25, 0.3) is 0 Å². The summed E-state index contributed by atoms with van der Waals surface area (Å²) < 4.78 is 37.0. The molecule has 3 nitrogen and oxygen atoms in total. The number of alkyl halides is 3. The van der Waals surface area contributed by atoms with Gasteiger partial charge in [-0.1, -0.05) is 19.1 Å². The first kappa shape index (κ1) is 14.7. The number of hydrogen-bond donors (Lipinski definition) is 0. The van der Waals surface area contributed by atoms with Crippen molar-refractivity contribution in [3.8, 4) is 12.1 Å². The van der Waals surface area contributed by atoms with E-state index < -0.39 is 29.4 Å². The van der Waals surface area contributed by atoms with E-state index in [4.69, 9.17) is 10.5 Å². The van der Waals surface area contributed by atoms with Gasteiger partial charge in [0.15, 0.2) is 5.78 Å². The molecule has 6 heteroatoms. The highest BCUT2D eigenvalue weighted by molar-refractivity contribution is 5.98. The number of benzene rings is 1. The zero-order valence-electron chi connectivity index (χ0n) is 9.90. The molecule has 0 aliphatic heterocycles. The maximum absolute atomic E-state index is 12.3. The van der Waals surface area contributed by atoms with E-state index in [0.29, 0.717) is 0 Å². The van der Waals surface area contributed by atoms with E-state index >= 15 is 0 Å². The molecule has 1 atom stereocenters. The fourth-order valence-electron chi connectivity index (χ4n) is 1.49. The van der Waals surface area contributed by atoms with Gasteiger partial charge in [0.1, 0.15) is 5.92 Å².